The Kier molecular flexibility index (Phi) is 5.88. The molecule has 1 aromatic heterocycles. The van der Waals surface area contributed by atoms with Gasteiger partial charge in [0.25, 0.3) is 10.2 Å². The minimum atomic E-state index is -3.75. The number of ether oxygens (including phenoxy) is 2. The molecule has 1 saturated heterocycles. The largest absolute Gasteiger partial charge is 0.493 e. The molecule has 150 valence electrons. The summed E-state index contributed by atoms with van der Waals surface area (Å²) < 4.78 is 35.9. The third-order valence-electron chi connectivity index (χ3n) is 4.84. The minimum absolute atomic E-state index is 0.228. The summed E-state index contributed by atoms with van der Waals surface area (Å²) in [4.78, 5) is 6.48. The number of nitrogens with zero attached hydrogens (tertiary/aromatic N) is 3. The SMILES string of the molecule is COc1cc2ncc(C#N)c(N3CCCC(NS(N)(=O)=O)CC3)c2cc1OC. The highest BCUT2D eigenvalue weighted by Gasteiger charge is 2.24. The van der Waals surface area contributed by atoms with E-state index < -0.39 is 10.2 Å². The first kappa shape index (κ1) is 20.1. The van der Waals surface area contributed by atoms with Gasteiger partial charge in [-0.2, -0.15) is 18.4 Å². The van der Waals surface area contributed by atoms with Gasteiger partial charge in [0.15, 0.2) is 11.5 Å². The van der Waals surface area contributed by atoms with Gasteiger partial charge in [0, 0.05) is 36.8 Å². The maximum atomic E-state index is 11.3. The molecule has 1 aliphatic heterocycles. The molecule has 1 unspecified atom stereocenters. The molecule has 10 heteroatoms. The number of aromatic nitrogens is 1. The van der Waals surface area contributed by atoms with Gasteiger partial charge in [-0.25, -0.2) is 5.14 Å². The Labute approximate surface area is 164 Å². The highest BCUT2D eigenvalue weighted by molar-refractivity contribution is 7.87. The van der Waals surface area contributed by atoms with Crippen molar-refractivity contribution in [1.29, 1.82) is 5.26 Å². The predicted octanol–water partition coefficient (Wildman–Crippen LogP) is 1.28. The second-order valence-electron chi connectivity index (χ2n) is 6.63. The van der Waals surface area contributed by atoms with E-state index in [-0.39, 0.29) is 6.04 Å². The van der Waals surface area contributed by atoms with Crippen molar-refractivity contribution >= 4 is 26.8 Å². The molecule has 0 amide bonds. The van der Waals surface area contributed by atoms with Crippen molar-refractivity contribution < 1.29 is 17.9 Å². The van der Waals surface area contributed by atoms with Crippen molar-refractivity contribution in [3.63, 3.8) is 0 Å². The molecule has 1 atom stereocenters. The number of benzene rings is 1. The maximum Gasteiger partial charge on any atom is 0.274 e. The summed E-state index contributed by atoms with van der Waals surface area (Å²) in [5.41, 5.74) is 1.91. The molecule has 2 heterocycles. The first-order valence-electron chi connectivity index (χ1n) is 8.86. The molecule has 1 aromatic carbocycles. The van der Waals surface area contributed by atoms with Crippen LogP contribution in [0, 0.1) is 11.3 Å². The molecule has 2 aromatic rings. The summed E-state index contributed by atoms with van der Waals surface area (Å²) >= 11 is 0. The van der Waals surface area contributed by atoms with E-state index in [1.165, 1.54) is 0 Å². The first-order chi connectivity index (χ1) is 13.4. The van der Waals surface area contributed by atoms with Crippen molar-refractivity contribution in [3.8, 4) is 17.6 Å². The second-order valence-corrected chi connectivity index (χ2v) is 7.96. The van der Waals surface area contributed by atoms with Gasteiger partial charge >= 0.3 is 0 Å². The van der Waals surface area contributed by atoms with E-state index in [0.29, 0.717) is 48.5 Å². The molecule has 0 bridgehead atoms. The normalized spacial score (nSPS) is 17.8. The van der Waals surface area contributed by atoms with Crippen LogP contribution in [0.15, 0.2) is 18.3 Å². The minimum Gasteiger partial charge on any atom is -0.493 e. The van der Waals surface area contributed by atoms with Crippen LogP contribution in [-0.4, -0.2) is 46.8 Å². The van der Waals surface area contributed by atoms with E-state index in [4.69, 9.17) is 14.6 Å². The predicted molar refractivity (Wildman–Crippen MR) is 106 cm³/mol. The molecule has 0 radical (unpaired) electrons. The van der Waals surface area contributed by atoms with Crippen molar-refractivity contribution in [3.05, 3.63) is 23.9 Å². The molecule has 28 heavy (non-hydrogen) atoms. The summed E-state index contributed by atoms with van der Waals surface area (Å²) in [6.07, 6.45) is 3.57. The average Bonchev–Trinajstić information content (AvgIpc) is 2.89. The van der Waals surface area contributed by atoms with Crippen molar-refractivity contribution in [2.24, 2.45) is 5.14 Å². The van der Waals surface area contributed by atoms with Crippen LogP contribution >= 0.6 is 0 Å². The lowest BCUT2D eigenvalue weighted by atomic mass is 10.1. The van der Waals surface area contributed by atoms with E-state index in [2.05, 4.69) is 20.7 Å². The van der Waals surface area contributed by atoms with Gasteiger partial charge in [0.1, 0.15) is 6.07 Å². The lowest BCUT2D eigenvalue weighted by molar-refractivity contribution is 0.356. The molecule has 9 nitrogen and oxygen atoms in total. The molecule has 3 N–H and O–H groups in total. The monoisotopic (exact) mass is 405 g/mol. The molecule has 0 aliphatic carbocycles. The van der Waals surface area contributed by atoms with E-state index >= 15 is 0 Å². The smallest absolute Gasteiger partial charge is 0.274 e. The third-order valence-corrected chi connectivity index (χ3v) is 5.50. The summed E-state index contributed by atoms with van der Waals surface area (Å²) in [7, 11) is -0.634. The topological polar surface area (TPSA) is 131 Å². The van der Waals surface area contributed by atoms with Crippen molar-refractivity contribution in [2.45, 2.75) is 25.3 Å². The fourth-order valence-corrected chi connectivity index (χ4v) is 4.30. The van der Waals surface area contributed by atoms with Gasteiger partial charge in [-0.1, -0.05) is 0 Å². The number of hydrogen-bond acceptors (Lipinski definition) is 7. The van der Waals surface area contributed by atoms with Crippen LogP contribution in [0.4, 0.5) is 5.69 Å². The van der Waals surface area contributed by atoms with Gasteiger partial charge in [-0.15, -0.1) is 0 Å². The fraction of sp³-hybridized carbons (Fsp3) is 0.444. The highest BCUT2D eigenvalue weighted by Crippen LogP contribution is 2.38. The number of fused-ring (bicyclic) bond motifs is 1. The van der Waals surface area contributed by atoms with Crippen molar-refractivity contribution in [2.75, 3.05) is 32.2 Å². The summed E-state index contributed by atoms with van der Waals surface area (Å²) in [6, 6.07) is 5.59. The van der Waals surface area contributed by atoms with Crippen LogP contribution < -0.4 is 24.2 Å². The quantitative estimate of drug-likeness (QED) is 0.766. The number of anilines is 1. The first-order valence-corrected chi connectivity index (χ1v) is 10.4. The zero-order chi connectivity index (χ0) is 20.3. The van der Waals surface area contributed by atoms with Crippen LogP contribution in [-0.2, 0) is 10.2 Å². The molecule has 1 aliphatic rings. The number of pyridine rings is 1. The molecule has 1 fully saturated rings. The summed E-state index contributed by atoms with van der Waals surface area (Å²) in [6.45, 7) is 1.26. The Bertz CT molecular complexity index is 1020. The molecule has 3 rings (SSSR count). The number of hydrogen-bond donors (Lipinski definition) is 2. The summed E-state index contributed by atoms with van der Waals surface area (Å²) in [5.74, 6) is 1.11. The van der Waals surface area contributed by atoms with Crippen molar-refractivity contribution in [1.82, 2.24) is 9.71 Å². The summed E-state index contributed by atoms with van der Waals surface area (Å²) in [5, 5.41) is 15.5. The molecule has 0 spiro atoms. The van der Waals surface area contributed by atoms with Crippen LogP contribution in [0.1, 0.15) is 24.8 Å². The van der Waals surface area contributed by atoms with Crippen LogP contribution in [0.3, 0.4) is 0 Å². The Morgan fingerprint density at radius 1 is 1.25 bits per heavy atom. The Balaban J connectivity index is 2.02. The van der Waals surface area contributed by atoms with Gasteiger partial charge in [-0.05, 0) is 25.3 Å². The number of nitrogens with one attached hydrogen (secondary N) is 1. The molecule has 0 saturated carbocycles. The van der Waals surface area contributed by atoms with Gasteiger partial charge in [0.05, 0.1) is 31.0 Å². The van der Waals surface area contributed by atoms with Crippen LogP contribution in [0.25, 0.3) is 10.9 Å². The van der Waals surface area contributed by atoms with Gasteiger partial charge in [-0.3, -0.25) is 4.98 Å². The second kappa shape index (κ2) is 8.18. The Morgan fingerprint density at radius 3 is 2.61 bits per heavy atom. The standard InChI is InChI=1S/C18H23N5O4S/c1-26-16-8-14-15(9-17(16)27-2)21-11-12(10-19)18(14)23-6-3-4-13(5-7-23)22-28(20,24)25/h8-9,11,13,22H,3-7H2,1-2H3,(H2,20,24,25). The van der Waals surface area contributed by atoms with E-state index in [0.717, 1.165) is 17.5 Å². The van der Waals surface area contributed by atoms with Gasteiger partial charge in [0.2, 0.25) is 0 Å². The average molecular weight is 405 g/mol. The van der Waals surface area contributed by atoms with Crippen LogP contribution in [0.5, 0.6) is 11.5 Å². The van der Waals surface area contributed by atoms with Crippen LogP contribution in [0.2, 0.25) is 0 Å². The number of methoxy groups -OCH3 is 2. The highest BCUT2D eigenvalue weighted by atomic mass is 32.2. The van der Waals surface area contributed by atoms with E-state index in [9.17, 15) is 13.7 Å². The fourth-order valence-electron chi connectivity index (χ4n) is 3.60. The number of rotatable bonds is 5. The number of nitriles is 1. The van der Waals surface area contributed by atoms with Gasteiger partial charge < -0.3 is 14.4 Å². The lowest BCUT2D eigenvalue weighted by Gasteiger charge is -2.26. The Hall–Kier alpha value is -2.61. The zero-order valence-corrected chi connectivity index (χ0v) is 16.6. The third kappa shape index (κ3) is 4.27. The Morgan fingerprint density at radius 2 is 1.96 bits per heavy atom. The van der Waals surface area contributed by atoms with E-state index in [1.54, 1.807) is 26.5 Å². The molecular weight excluding hydrogens is 382 g/mol. The maximum absolute atomic E-state index is 11.3. The molecular formula is C18H23N5O4S. The lowest BCUT2D eigenvalue weighted by Crippen LogP contribution is -2.39. The van der Waals surface area contributed by atoms with E-state index in [1.807, 2.05) is 6.07 Å². The number of nitrogens with two attached hydrogens (primary N) is 1. The zero-order valence-electron chi connectivity index (χ0n) is 15.8.